The average Bonchev–Trinajstić information content (AvgIpc) is 3.25. The van der Waals surface area contributed by atoms with Crippen LogP contribution >= 0.6 is 0 Å². The maximum Gasteiger partial charge on any atom is 0.191 e. The van der Waals surface area contributed by atoms with Gasteiger partial charge in [0.2, 0.25) is 0 Å². The van der Waals surface area contributed by atoms with Crippen molar-refractivity contribution in [1.82, 2.24) is 10.6 Å². The highest BCUT2D eigenvalue weighted by Gasteiger charge is 2.22. The van der Waals surface area contributed by atoms with Crippen LogP contribution in [0.5, 0.6) is 5.75 Å². The van der Waals surface area contributed by atoms with Gasteiger partial charge in [-0.2, -0.15) is 0 Å². The van der Waals surface area contributed by atoms with Crippen LogP contribution in [0.1, 0.15) is 18.4 Å². The Bertz CT molecular complexity index is 458. The highest BCUT2D eigenvalue weighted by molar-refractivity contribution is 5.80. The fourth-order valence-electron chi connectivity index (χ4n) is 1.79. The smallest absolute Gasteiger partial charge is 0.191 e. The molecule has 5 heteroatoms. The second-order valence-corrected chi connectivity index (χ2v) is 5.15. The van der Waals surface area contributed by atoms with E-state index in [1.807, 2.05) is 31.2 Å². The van der Waals surface area contributed by atoms with Gasteiger partial charge in [0.1, 0.15) is 18.5 Å². The monoisotopic (exact) mass is 277 g/mol. The molecule has 1 fully saturated rings. The summed E-state index contributed by atoms with van der Waals surface area (Å²) in [5, 5.41) is 16.3. The molecule has 0 bridgehead atoms. The predicted molar refractivity (Wildman–Crippen MR) is 80.2 cm³/mol. The first-order valence-corrected chi connectivity index (χ1v) is 7.02. The molecular weight excluding hydrogens is 254 g/mol. The maximum atomic E-state index is 9.90. The Morgan fingerprint density at radius 1 is 1.50 bits per heavy atom. The van der Waals surface area contributed by atoms with Gasteiger partial charge in [-0.05, 0) is 37.5 Å². The van der Waals surface area contributed by atoms with E-state index in [1.54, 1.807) is 7.05 Å². The van der Waals surface area contributed by atoms with Crippen LogP contribution in [0, 0.1) is 6.92 Å². The molecule has 1 saturated carbocycles. The first-order valence-electron chi connectivity index (χ1n) is 7.02. The second kappa shape index (κ2) is 7.14. The van der Waals surface area contributed by atoms with Crippen LogP contribution in [0.4, 0.5) is 0 Å². The van der Waals surface area contributed by atoms with E-state index in [0.29, 0.717) is 12.6 Å². The molecule has 1 atom stereocenters. The summed E-state index contributed by atoms with van der Waals surface area (Å²) in [6, 6.07) is 8.34. The van der Waals surface area contributed by atoms with Gasteiger partial charge in [0.25, 0.3) is 0 Å². The van der Waals surface area contributed by atoms with Crippen molar-refractivity contribution < 1.29 is 9.84 Å². The van der Waals surface area contributed by atoms with Gasteiger partial charge in [-0.25, -0.2) is 0 Å². The summed E-state index contributed by atoms with van der Waals surface area (Å²) in [6.07, 6.45) is 1.81. The van der Waals surface area contributed by atoms with E-state index in [4.69, 9.17) is 4.74 Å². The molecule has 110 valence electrons. The van der Waals surface area contributed by atoms with Gasteiger partial charge in [0.15, 0.2) is 5.96 Å². The van der Waals surface area contributed by atoms with Crippen molar-refractivity contribution in [3.8, 4) is 5.75 Å². The van der Waals surface area contributed by atoms with Gasteiger partial charge in [-0.15, -0.1) is 0 Å². The van der Waals surface area contributed by atoms with Crippen molar-refractivity contribution in [3.05, 3.63) is 29.8 Å². The summed E-state index contributed by atoms with van der Waals surface area (Å²) < 4.78 is 5.56. The Morgan fingerprint density at radius 2 is 2.30 bits per heavy atom. The molecule has 1 aliphatic rings. The summed E-state index contributed by atoms with van der Waals surface area (Å²) in [4.78, 5) is 4.11. The van der Waals surface area contributed by atoms with Crippen LogP contribution in [0.25, 0.3) is 0 Å². The minimum atomic E-state index is -0.576. The Kier molecular flexibility index (Phi) is 5.24. The molecule has 1 aromatic carbocycles. The quantitative estimate of drug-likeness (QED) is 0.537. The van der Waals surface area contributed by atoms with Gasteiger partial charge in [-0.3, -0.25) is 4.99 Å². The molecule has 1 aromatic rings. The summed E-state index contributed by atoms with van der Waals surface area (Å²) in [5.41, 5.74) is 1.14. The number of ether oxygens (including phenoxy) is 1. The second-order valence-electron chi connectivity index (χ2n) is 5.15. The highest BCUT2D eigenvalue weighted by atomic mass is 16.5. The topological polar surface area (TPSA) is 65.9 Å². The zero-order valence-corrected chi connectivity index (χ0v) is 12.1. The molecule has 0 saturated heterocycles. The lowest BCUT2D eigenvalue weighted by atomic mass is 10.2. The Morgan fingerprint density at radius 3 is 2.95 bits per heavy atom. The minimum Gasteiger partial charge on any atom is -0.491 e. The summed E-state index contributed by atoms with van der Waals surface area (Å²) in [7, 11) is 1.73. The summed E-state index contributed by atoms with van der Waals surface area (Å²) >= 11 is 0. The van der Waals surface area contributed by atoms with Crippen LogP contribution < -0.4 is 15.4 Å². The highest BCUT2D eigenvalue weighted by Crippen LogP contribution is 2.18. The van der Waals surface area contributed by atoms with Gasteiger partial charge < -0.3 is 20.5 Å². The molecule has 0 aliphatic heterocycles. The van der Waals surface area contributed by atoms with Crippen LogP contribution in [0.2, 0.25) is 0 Å². The molecule has 1 aliphatic carbocycles. The third-order valence-electron chi connectivity index (χ3n) is 3.08. The molecule has 0 heterocycles. The lowest BCUT2D eigenvalue weighted by Crippen LogP contribution is -2.43. The van der Waals surface area contributed by atoms with Gasteiger partial charge in [-0.1, -0.05) is 12.1 Å². The third-order valence-corrected chi connectivity index (χ3v) is 3.08. The number of aliphatic hydroxyl groups excluding tert-OH is 1. The number of guanidine groups is 1. The van der Waals surface area contributed by atoms with Crippen LogP contribution in [0.15, 0.2) is 29.3 Å². The van der Waals surface area contributed by atoms with Crippen molar-refractivity contribution in [2.75, 3.05) is 20.2 Å². The molecule has 0 aromatic heterocycles. The number of rotatable bonds is 6. The number of aliphatic hydroxyl groups is 1. The van der Waals surface area contributed by atoms with Crippen LogP contribution in [-0.4, -0.2) is 43.4 Å². The average molecular weight is 277 g/mol. The summed E-state index contributed by atoms with van der Waals surface area (Å²) in [5.74, 6) is 1.52. The molecule has 0 radical (unpaired) electrons. The normalized spacial score (nSPS) is 16.6. The van der Waals surface area contributed by atoms with Crippen molar-refractivity contribution in [1.29, 1.82) is 0 Å². The predicted octanol–water partition coefficient (Wildman–Crippen LogP) is 1.06. The van der Waals surface area contributed by atoms with E-state index >= 15 is 0 Å². The first-order chi connectivity index (χ1) is 9.67. The zero-order valence-electron chi connectivity index (χ0n) is 12.1. The van der Waals surface area contributed by atoms with E-state index in [-0.39, 0.29) is 6.61 Å². The first kappa shape index (κ1) is 14.7. The number of aliphatic imine (C=N–C) groups is 1. The molecule has 0 amide bonds. The number of nitrogens with one attached hydrogen (secondary N) is 2. The van der Waals surface area contributed by atoms with E-state index < -0.39 is 6.10 Å². The van der Waals surface area contributed by atoms with Crippen molar-refractivity contribution in [2.45, 2.75) is 31.9 Å². The maximum absolute atomic E-state index is 9.90. The number of nitrogens with zero attached hydrogens (tertiary/aromatic N) is 1. The largest absolute Gasteiger partial charge is 0.491 e. The molecular formula is C15H23N3O2. The van der Waals surface area contributed by atoms with Gasteiger partial charge >= 0.3 is 0 Å². The summed E-state index contributed by atoms with van der Waals surface area (Å²) in [6.45, 7) is 2.69. The zero-order chi connectivity index (χ0) is 14.4. The molecule has 5 nitrogen and oxygen atoms in total. The van der Waals surface area contributed by atoms with Crippen molar-refractivity contribution in [2.24, 2.45) is 4.99 Å². The number of benzene rings is 1. The SMILES string of the molecule is CN=C(NCC(O)COc1cccc(C)c1)NC1CC1. The Hall–Kier alpha value is -1.75. The van der Waals surface area contributed by atoms with Crippen LogP contribution in [0.3, 0.4) is 0 Å². The lowest BCUT2D eigenvalue weighted by molar-refractivity contribution is 0.110. The molecule has 3 N–H and O–H groups in total. The fourth-order valence-corrected chi connectivity index (χ4v) is 1.79. The lowest BCUT2D eigenvalue weighted by Gasteiger charge is -2.16. The third kappa shape index (κ3) is 5.09. The van der Waals surface area contributed by atoms with E-state index in [0.717, 1.165) is 17.3 Å². The molecule has 0 spiro atoms. The van der Waals surface area contributed by atoms with E-state index in [2.05, 4.69) is 15.6 Å². The molecule has 20 heavy (non-hydrogen) atoms. The van der Waals surface area contributed by atoms with E-state index in [9.17, 15) is 5.11 Å². The number of aryl methyl sites for hydroxylation is 1. The van der Waals surface area contributed by atoms with Gasteiger partial charge in [0.05, 0.1) is 0 Å². The van der Waals surface area contributed by atoms with Crippen molar-refractivity contribution in [3.63, 3.8) is 0 Å². The van der Waals surface area contributed by atoms with Crippen molar-refractivity contribution >= 4 is 5.96 Å². The Labute approximate surface area is 120 Å². The molecule has 1 unspecified atom stereocenters. The Balaban J connectivity index is 1.68. The standard InChI is InChI=1S/C15H23N3O2/c1-11-4-3-5-14(8-11)20-10-13(19)9-17-15(16-2)18-12-6-7-12/h3-5,8,12-13,19H,6-7,9-10H2,1-2H3,(H2,16,17,18). The number of hydrogen-bond donors (Lipinski definition) is 3. The number of hydrogen-bond acceptors (Lipinski definition) is 3. The van der Waals surface area contributed by atoms with Crippen LogP contribution in [-0.2, 0) is 0 Å². The minimum absolute atomic E-state index is 0.261. The van der Waals surface area contributed by atoms with Gasteiger partial charge in [0, 0.05) is 19.6 Å². The molecule has 2 rings (SSSR count). The van der Waals surface area contributed by atoms with E-state index in [1.165, 1.54) is 12.8 Å². The fraction of sp³-hybridized carbons (Fsp3) is 0.533.